The van der Waals surface area contributed by atoms with Gasteiger partial charge in [0.1, 0.15) is 0 Å². The largest absolute Gasteiger partial charge is 0.313 e. The summed E-state index contributed by atoms with van der Waals surface area (Å²) in [6, 6.07) is 3.40. The molecule has 21 heavy (non-hydrogen) atoms. The van der Waals surface area contributed by atoms with E-state index in [1.165, 1.54) is 31.4 Å². The molecule has 2 aliphatic carbocycles. The molecule has 1 heterocycles. The Hall–Kier alpha value is -0.830. The highest BCUT2D eigenvalue weighted by Crippen LogP contribution is 2.59. The van der Waals surface area contributed by atoms with Crippen LogP contribution in [0.2, 0.25) is 0 Å². The molecule has 0 bridgehead atoms. The molecule has 4 unspecified atom stereocenters. The zero-order valence-electron chi connectivity index (χ0n) is 13.9. The van der Waals surface area contributed by atoms with Crippen molar-refractivity contribution in [3.8, 4) is 0 Å². The topological polar surface area (TPSA) is 29.9 Å². The summed E-state index contributed by atoms with van der Waals surface area (Å²) in [7, 11) is 0. The molecule has 4 atom stereocenters. The Kier molecular flexibility index (Phi) is 4.68. The van der Waals surface area contributed by atoms with E-state index in [1.54, 1.807) is 0 Å². The van der Waals surface area contributed by atoms with Gasteiger partial charge in [0.05, 0.1) is 5.69 Å². The van der Waals surface area contributed by atoms with Gasteiger partial charge in [-0.15, -0.1) is 0 Å². The van der Waals surface area contributed by atoms with Gasteiger partial charge in [0.25, 0.3) is 0 Å². The van der Waals surface area contributed by atoms with Crippen molar-refractivity contribution in [3.63, 3.8) is 0 Å². The van der Waals surface area contributed by atoms with E-state index in [4.69, 9.17) is 5.10 Å². The van der Waals surface area contributed by atoms with E-state index in [-0.39, 0.29) is 0 Å². The fourth-order valence-electron chi connectivity index (χ4n) is 4.29. The monoisotopic (exact) mass is 289 g/mol. The van der Waals surface area contributed by atoms with Crippen LogP contribution >= 0.6 is 0 Å². The SMILES string of the molecule is CCCNC(Cc1ccn(C(C)CC)n1)C1C2CCCC21. The molecule has 2 saturated carbocycles. The van der Waals surface area contributed by atoms with Crippen LogP contribution in [0, 0.1) is 17.8 Å². The Bertz CT molecular complexity index is 443. The Morgan fingerprint density at radius 2 is 2.10 bits per heavy atom. The standard InChI is InChI=1S/C18H31N3/c1-4-10-19-17(18-15-7-6-8-16(15)18)12-14-9-11-21(20-14)13(3)5-2/h9,11,13,15-19H,4-8,10,12H2,1-3H3. The number of rotatable bonds is 8. The Morgan fingerprint density at radius 3 is 2.76 bits per heavy atom. The van der Waals surface area contributed by atoms with Crippen molar-refractivity contribution in [2.45, 2.75) is 71.4 Å². The van der Waals surface area contributed by atoms with E-state index >= 15 is 0 Å². The van der Waals surface area contributed by atoms with E-state index in [0.29, 0.717) is 12.1 Å². The normalized spacial score (nSPS) is 30.1. The first-order valence-corrected chi connectivity index (χ1v) is 9.02. The third-order valence-corrected chi connectivity index (χ3v) is 5.73. The lowest BCUT2D eigenvalue weighted by Gasteiger charge is -2.19. The lowest BCUT2D eigenvalue weighted by Crippen LogP contribution is -2.35. The maximum absolute atomic E-state index is 4.81. The van der Waals surface area contributed by atoms with Crippen molar-refractivity contribution in [1.29, 1.82) is 0 Å². The third kappa shape index (κ3) is 3.18. The molecule has 0 aromatic carbocycles. The summed E-state index contributed by atoms with van der Waals surface area (Å²) in [5, 5.41) is 8.62. The molecule has 0 saturated heterocycles. The number of aromatic nitrogens is 2. The van der Waals surface area contributed by atoms with E-state index < -0.39 is 0 Å². The van der Waals surface area contributed by atoms with E-state index in [2.05, 4.69) is 43.0 Å². The second-order valence-corrected chi connectivity index (χ2v) is 7.15. The molecular formula is C18H31N3. The van der Waals surface area contributed by atoms with Crippen LogP contribution in [0.15, 0.2) is 12.3 Å². The predicted octanol–water partition coefficient (Wildman–Crippen LogP) is 3.81. The molecule has 3 rings (SSSR count). The summed E-state index contributed by atoms with van der Waals surface area (Å²) in [4.78, 5) is 0. The van der Waals surface area contributed by atoms with Crippen molar-refractivity contribution >= 4 is 0 Å². The first-order chi connectivity index (χ1) is 10.2. The average Bonchev–Trinajstić information content (AvgIpc) is 2.90. The number of hydrogen-bond acceptors (Lipinski definition) is 2. The minimum atomic E-state index is 0.515. The van der Waals surface area contributed by atoms with Gasteiger partial charge in [-0.05, 0) is 63.0 Å². The first kappa shape index (κ1) is 15.1. The molecule has 0 aliphatic heterocycles. The zero-order valence-corrected chi connectivity index (χ0v) is 13.9. The van der Waals surface area contributed by atoms with Gasteiger partial charge in [0, 0.05) is 24.7 Å². The van der Waals surface area contributed by atoms with E-state index in [0.717, 1.165) is 37.1 Å². The summed E-state index contributed by atoms with van der Waals surface area (Å²) in [6.07, 6.45) is 10.1. The number of nitrogens with one attached hydrogen (secondary N) is 1. The molecule has 2 fully saturated rings. The van der Waals surface area contributed by atoms with Crippen molar-refractivity contribution in [1.82, 2.24) is 15.1 Å². The van der Waals surface area contributed by atoms with Crippen molar-refractivity contribution in [3.05, 3.63) is 18.0 Å². The Balaban J connectivity index is 1.62. The first-order valence-electron chi connectivity index (χ1n) is 9.02. The highest BCUT2D eigenvalue weighted by Gasteiger charge is 2.55. The second-order valence-electron chi connectivity index (χ2n) is 7.15. The van der Waals surface area contributed by atoms with Crippen LogP contribution in [-0.4, -0.2) is 22.4 Å². The molecule has 1 N–H and O–H groups in total. The lowest BCUT2D eigenvalue weighted by molar-refractivity contribution is 0.396. The molecule has 2 aliphatic rings. The summed E-state index contributed by atoms with van der Waals surface area (Å²) >= 11 is 0. The number of hydrogen-bond donors (Lipinski definition) is 1. The highest BCUT2D eigenvalue weighted by atomic mass is 15.3. The van der Waals surface area contributed by atoms with Crippen molar-refractivity contribution in [2.75, 3.05) is 6.54 Å². The number of fused-ring (bicyclic) bond motifs is 1. The molecule has 1 aromatic rings. The van der Waals surface area contributed by atoms with Gasteiger partial charge in [0.15, 0.2) is 0 Å². The minimum Gasteiger partial charge on any atom is -0.313 e. The molecular weight excluding hydrogens is 258 g/mol. The Morgan fingerprint density at radius 1 is 1.33 bits per heavy atom. The lowest BCUT2D eigenvalue weighted by atomic mass is 9.99. The summed E-state index contributed by atoms with van der Waals surface area (Å²) in [6.45, 7) is 7.88. The van der Waals surface area contributed by atoms with Crippen LogP contribution in [-0.2, 0) is 6.42 Å². The average molecular weight is 289 g/mol. The fourth-order valence-corrected chi connectivity index (χ4v) is 4.29. The summed E-state index contributed by atoms with van der Waals surface area (Å²) in [5.41, 5.74) is 1.27. The Labute approximate surface area is 129 Å². The minimum absolute atomic E-state index is 0.515. The van der Waals surface area contributed by atoms with E-state index in [1.807, 2.05) is 0 Å². The smallest absolute Gasteiger partial charge is 0.0640 e. The second kappa shape index (κ2) is 6.51. The molecule has 0 radical (unpaired) electrons. The predicted molar refractivity (Wildman–Crippen MR) is 87.3 cm³/mol. The van der Waals surface area contributed by atoms with Crippen LogP contribution < -0.4 is 5.32 Å². The van der Waals surface area contributed by atoms with Gasteiger partial charge in [-0.1, -0.05) is 20.3 Å². The quantitative estimate of drug-likeness (QED) is 0.788. The molecule has 0 spiro atoms. The maximum Gasteiger partial charge on any atom is 0.0640 e. The fraction of sp³-hybridized carbons (Fsp3) is 0.833. The van der Waals surface area contributed by atoms with Gasteiger partial charge in [-0.2, -0.15) is 5.10 Å². The van der Waals surface area contributed by atoms with Gasteiger partial charge >= 0.3 is 0 Å². The van der Waals surface area contributed by atoms with Crippen LogP contribution in [0.5, 0.6) is 0 Å². The zero-order chi connectivity index (χ0) is 14.8. The van der Waals surface area contributed by atoms with Gasteiger partial charge in [-0.3, -0.25) is 4.68 Å². The summed E-state index contributed by atoms with van der Waals surface area (Å²) < 4.78 is 2.14. The summed E-state index contributed by atoms with van der Waals surface area (Å²) in [5.74, 6) is 2.98. The van der Waals surface area contributed by atoms with Gasteiger partial charge in [0.2, 0.25) is 0 Å². The van der Waals surface area contributed by atoms with Crippen LogP contribution in [0.1, 0.15) is 64.6 Å². The molecule has 118 valence electrons. The number of nitrogens with zero attached hydrogens (tertiary/aromatic N) is 2. The van der Waals surface area contributed by atoms with Crippen molar-refractivity contribution in [2.24, 2.45) is 17.8 Å². The highest BCUT2D eigenvalue weighted by molar-refractivity contribution is 5.11. The van der Waals surface area contributed by atoms with Gasteiger partial charge in [-0.25, -0.2) is 0 Å². The van der Waals surface area contributed by atoms with Crippen LogP contribution in [0.25, 0.3) is 0 Å². The van der Waals surface area contributed by atoms with E-state index in [9.17, 15) is 0 Å². The van der Waals surface area contributed by atoms with Crippen LogP contribution in [0.3, 0.4) is 0 Å². The molecule has 3 nitrogen and oxygen atoms in total. The van der Waals surface area contributed by atoms with Crippen LogP contribution in [0.4, 0.5) is 0 Å². The molecule has 0 amide bonds. The maximum atomic E-state index is 4.81. The van der Waals surface area contributed by atoms with Crippen molar-refractivity contribution < 1.29 is 0 Å². The van der Waals surface area contributed by atoms with Gasteiger partial charge < -0.3 is 5.32 Å². The molecule has 3 heteroatoms. The molecule has 1 aromatic heterocycles. The third-order valence-electron chi connectivity index (χ3n) is 5.73.